The molecule has 1 N–H and O–H groups in total. The summed E-state index contributed by atoms with van der Waals surface area (Å²) in [7, 11) is 0.333. The van der Waals surface area contributed by atoms with Crippen LogP contribution in [0.1, 0.15) is 49.3 Å². The molecule has 0 amide bonds. The third-order valence-electron chi connectivity index (χ3n) is 5.38. The van der Waals surface area contributed by atoms with Gasteiger partial charge in [0.15, 0.2) is 11.5 Å². The van der Waals surface area contributed by atoms with E-state index in [1.165, 1.54) is 4.57 Å². The van der Waals surface area contributed by atoms with Crippen molar-refractivity contribution in [2.24, 2.45) is 7.05 Å². The molecule has 0 radical (unpaired) electrons. The van der Waals surface area contributed by atoms with Crippen LogP contribution in [0.25, 0.3) is 11.3 Å². The summed E-state index contributed by atoms with van der Waals surface area (Å²) in [6, 6.07) is 16.5. The molecule has 172 valence electrons. The van der Waals surface area contributed by atoms with Crippen molar-refractivity contribution in [3.8, 4) is 17.3 Å². The Morgan fingerprint density at radius 1 is 1.18 bits per heavy atom. The number of benzene rings is 2. The lowest BCUT2D eigenvalue weighted by atomic mass is 9.98. The van der Waals surface area contributed by atoms with Crippen LogP contribution in [0.3, 0.4) is 0 Å². The van der Waals surface area contributed by atoms with Crippen molar-refractivity contribution >= 4 is 16.8 Å². The number of nitriles is 1. The van der Waals surface area contributed by atoms with Crippen LogP contribution in [0.5, 0.6) is 0 Å². The molecular formula is C24H27N5O3S. The van der Waals surface area contributed by atoms with Crippen molar-refractivity contribution in [3.05, 3.63) is 81.2 Å². The molecule has 8 nitrogen and oxygen atoms in total. The largest absolute Gasteiger partial charge is 0.358 e. The molecule has 1 heterocycles. The second-order valence-corrected chi connectivity index (χ2v) is 10.8. The predicted octanol–water partition coefficient (Wildman–Crippen LogP) is 4.51. The number of nitrogens with one attached hydrogen (secondary N) is 1. The lowest BCUT2D eigenvalue weighted by Gasteiger charge is -2.25. The van der Waals surface area contributed by atoms with Crippen molar-refractivity contribution < 1.29 is 9.13 Å². The zero-order valence-corrected chi connectivity index (χ0v) is 20.1. The summed E-state index contributed by atoms with van der Waals surface area (Å²) in [6.07, 6.45) is 0.553. The maximum absolute atomic E-state index is 12.8. The zero-order valence-electron chi connectivity index (χ0n) is 19.3. The fourth-order valence-electron chi connectivity index (χ4n) is 3.36. The van der Waals surface area contributed by atoms with E-state index in [0.29, 0.717) is 29.1 Å². The lowest BCUT2D eigenvalue weighted by molar-refractivity contribution is -0.391. The van der Waals surface area contributed by atoms with Gasteiger partial charge < -0.3 is 10.1 Å². The summed E-state index contributed by atoms with van der Waals surface area (Å²) in [5, 5.41) is 20.6. The van der Waals surface area contributed by atoms with Gasteiger partial charge in [0.05, 0.1) is 34.4 Å². The van der Waals surface area contributed by atoms with Gasteiger partial charge in [0.2, 0.25) is 0 Å². The zero-order chi connectivity index (χ0) is 24.3. The number of rotatable bonds is 7. The van der Waals surface area contributed by atoms with Gasteiger partial charge in [-0.15, -0.1) is 0 Å². The standard InChI is InChI=1S/C24H27N5O3S/c1-16-26-22(23(28(16)5)29(30)31)20-12-6-17(7-13-20)14-21(27-33(32)24(2,3)4)19-10-8-18(15-25)9-11-19/h6-13,21,27H,14H2,1-5H3/t21-,33?/m1/s1. The van der Waals surface area contributed by atoms with Gasteiger partial charge in [0.25, 0.3) is 0 Å². The van der Waals surface area contributed by atoms with E-state index in [9.17, 15) is 14.3 Å². The number of hydrogen-bond donors (Lipinski definition) is 1. The molecule has 3 aromatic rings. The molecule has 3 rings (SSSR count). The normalized spacial score (nSPS) is 13.3. The molecule has 0 aliphatic rings. The number of aromatic nitrogens is 2. The van der Waals surface area contributed by atoms with E-state index in [2.05, 4.69) is 15.8 Å². The Kier molecular flexibility index (Phi) is 7.10. The maximum atomic E-state index is 12.8. The van der Waals surface area contributed by atoms with Crippen LogP contribution in [0, 0.1) is 28.4 Å². The Balaban J connectivity index is 1.90. The molecule has 33 heavy (non-hydrogen) atoms. The Morgan fingerprint density at radius 2 is 1.79 bits per heavy atom. The monoisotopic (exact) mass is 465 g/mol. The summed E-state index contributed by atoms with van der Waals surface area (Å²) < 4.78 is 17.1. The van der Waals surface area contributed by atoms with Gasteiger partial charge in [-0.2, -0.15) is 5.26 Å². The molecule has 2 atom stereocenters. The maximum Gasteiger partial charge on any atom is 0.350 e. The molecular weight excluding hydrogens is 438 g/mol. The number of imidazole rings is 1. The Labute approximate surface area is 196 Å². The lowest BCUT2D eigenvalue weighted by Crippen LogP contribution is -2.36. The van der Waals surface area contributed by atoms with Gasteiger partial charge in [-0.1, -0.05) is 36.4 Å². The Morgan fingerprint density at radius 3 is 2.30 bits per heavy atom. The van der Waals surface area contributed by atoms with Gasteiger partial charge in [-0.25, -0.2) is 18.5 Å². The molecule has 0 saturated carbocycles. The van der Waals surface area contributed by atoms with E-state index in [4.69, 9.17) is 5.26 Å². The average Bonchev–Trinajstić information content (AvgIpc) is 3.07. The van der Waals surface area contributed by atoms with E-state index in [1.54, 1.807) is 26.1 Å². The highest BCUT2D eigenvalue weighted by Gasteiger charge is 2.25. The van der Waals surface area contributed by atoms with E-state index in [-0.39, 0.29) is 11.9 Å². The second-order valence-electron chi connectivity index (χ2n) is 8.83. The first-order valence-electron chi connectivity index (χ1n) is 10.5. The third-order valence-corrected chi connectivity index (χ3v) is 6.99. The van der Waals surface area contributed by atoms with Crippen LogP contribution >= 0.6 is 0 Å². The topological polar surface area (TPSA) is 114 Å². The van der Waals surface area contributed by atoms with Crippen LogP contribution in [-0.4, -0.2) is 23.4 Å². The number of nitrogens with zero attached hydrogens (tertiary/aromatic N) is 4. The van der Waals surface area contributed by atoms with Crippen molar-refractivity contribution in [2.75, 3.05) is 0 Å². The van der Waals surface area contributed by atoms with Crippen LogP contribution < -0.4 is 4.72 Å². The smallest absolute Gasteiger partial charge is 0.350 e. The van der Waals surface area contributed by atoms with Gasteiger partial charge in [0, 0.05) is 18.5 Å². The Bertz CT molecular complexity index is 1220. The summed E-state index contributed by atoms with van der Waals surface area (Å²) >= 11 is 0. The molecule has 0 aliphatic heterocycles. The first kappa shape index (κ1) is 24.3. The summed E-state index contributed by atoms with van der Waals surface area (Å²) in [4.78, 5) is 15.5. The minimum Gasteiger partial charge on any atom is -0.358 e. The number of aryl methyl sites for hydroxylation is 1. The van der Waals surface area contributed by atoms with Crippen molar-refractivity contribution in [2.45, 2.75) is 44.9 Å². The highest BCUT2D eigenvalue weighted by atomic mass is 32.2. The van der Waals surface area contributed by atoms with Gasteiger partial charge >= 0.3 is 5.82 Å². The second kappa shape index (κ2) is 9.65. The fourth-order valence-corrected chi connectivity index (χ4v) is 4.19. The summed E-state index contributed by atoms with van der Waals surface area (Å²) in [5.74, 6) is 0.522. The number of nitro groups is 1. The molecule has 1 unspecified atom stereocenters. The van der Waals surface area contributed by atoms with E-state index in [0.717, 1.165) is 11.1 Å². The quantitative estimate of drug-likeness (QED) is 0.407. The van der Waals surface area contributed by atoms with Gasteiger partial charge in [-0.05, 0) is 55.4 Å². The summed E-state index contributed by atoms with van der Waals surface area (Å²) in [5.41, 5.74) is 3.46. The molecule has 9 heteroatoms. The third kappa shape index (κ3) is 5.53. The van der Waals surface area contributed by atoms with Gasteiger partial charge in [-0.3, -0.25) is 0 Å². The predicted molar refractivity (Wildman–Crippen MR) is 129 cm³/mol. The summed E-state index contributed by atoms with van der Waals surface area (Å²) in [6.45, 7) is 7.45. The molecule has 0 spiro atoms. The first-order valence-corrected chi connectivity index (χ1v) is 11.6. The highest BCUT2D eigenvalue weighted by Crippen LogP contribution is 2.30. The van der Waals surface area contributed by atoms with Crippen molar-refractivity contribution in [1.29, 1.82) is 5.26 Å². The molecule has 0 saturated heterocycles. The minimum atomic E-state index is -1.29. The molecule has 1 aromatic heterocycles. The molecule has 0 fully saturated rings. The van der Waals surface area contributed by atoms with Crippen molar-refractivity contribution in [3.63, 3.8) is 0 Å². The van der Waals surface area contributed by atoms with E-state index < -0.39 is 20.7 Å². The first-order chi connectivity index (χ1) is 15.5. The average molecular weight is 466 g/mol. The van der Waals surface area contributed by atoms with E-state index in [1.807, 2.05) is 57.2 Å². The van der Waals surface area contributed by atoms with Gasteiger partial charge in [0.1, 0.15) is 0 Å². The molecule has 2 aromatic carbocycles. The minimum absolute atomic E-state index is 0.0436. The van der Waals surface area contributed by atoms with Crippen LogP contribution in [-0.2, 0) is 24.5 Å². The van der Waals surface area contributed by atoms with Crippen LogP contribution in [0.15, 0.2) is 48.5 Å². The van der Waals surface area contributed by atoms with Crippen LogP contribution in [0.2, 0.25) is 0 Å². The Hall–Kier alpha value is -3.35. The fraction of sp³-hybridized carbons (Fsp3) is 0.333. The number of hydrogen-bond acceptors (Lipinski definition) is 5. The van der Waals surface area contributed by atoms with E-state index >= 15 is 0 Å². The molecule has 0 bridgehead atoms. The van der Waals surface area contributed by atoms with Crippen LogP contribution in [0.4, 0.5) is 5.82 Å². The molecule has 0 aliphatic carbocycles. The SMILES string of the molecule is Cc1nc(-c2ccc(C[C@@H](NS(=O)C(C)(C)C)c3ccc(C#N)cc3)cc2)c([N+](=O)[O-])n1C. The highest BCUT2D eigenvalue weighted by molar-refractivity contribution is 7.84. The van der Waals surface area contributed by atoms with Crippen molar-refractivity contribution in [1.82, 2.24) is 14.3 Å².